The number of fused-ring (bicyclic) bond motifs is 1. The Morgan fingerprint density at radius 2 is 2.11 bits per heavy atom. The second-order valence-corrected chi connectivity index (χ2v) is 5.43. The van der Waals surface area contributed by atoms with Crippen LogP contribution < -0.4 is 5.32 Å². The fourth-order valence-electron chi connectivity index (χ4n) is 2.86. The van der Waals surface area contributed by atoms with E-state index in [1.807, 2.05) is 36.6 Å². The molecule has 1 saturated carbocycles. The van der Waals surface area contributed by atoms with Crippen LogP contribution in [-0.2, 0) is 0 Å². The normalized spacial score (nSPS) is 16.1. The summed E-state index contributed by atoms with van der Waals surface area (Å²) in [6, 6.07) is 4.34. The Morgan fingerprint density at radius 1 is 1.37 bits per heavy atom. The number of hydrogen-bond donors (Lipinski definition) is 1. The molecule has 4 heteroatoms. The van der Waals surface area contributed by atoms with Crippen molar-refractivity contribution in [1.29, 1.82) is 0 Å². The summed E-state index contributed by atoms with van der Waals surface area (Å²) in [5.74, 6) is 0.000697. The lowest BCUT2D eigenvalue weighted by molar-refractivity contribution is 0.0931. The number of nitrogens with one attached hydrogen (secondary N) is 1. The van der Waals surface area contributed by atoms with E-state index in [0.29, 0.717) is 11.7 Å². The highest BCUT2D eigenvalue weighted by Gasteiger charge is 2.21. The molecule has 2 aromatic heterocycles. The molecular weight excluding hydrogens is 238 g/mol. The second-order valence-electron chi connectivity index (χ2n) is 5.43. The van der Waals surface area contributed by atoms with Crippen molar-refractivity contribution in [2.45, 2.75) is 45.6 Å². The van der Waals surface area contributed by atoms with Crippen molar-refractivity contribution in [1.82, 2.24) is 14.7 Å². The van der Waals surface area contributed by atoms with Gasteiger partial charge in [0.2, 0.25) is 0 Å². The molecule has 1 aliphatic carbocycles. The van der Waals surface area contributed by atoms with Crippen LogP contribution in [0.1, 0.15) is 47.4 Å². The standard InChI is InChI=1S/C15H19N3O/c1-10-7-8-18-13(9-10)16-11(2)14(18)15(19)17-12-5-3-4-6-12/h7-9,12H,3-6H2,1-2H3,(H,17,19). The van der Waals surface area contributed by atoms with Gasteiger partial charge in [0.25, 0.3) is 5.91 Å². The van der Waals surface area contributed by atoms with E-state index < -0.39 is 0 Å². The Balaban J connectivity index is 1.94. The van der Waals surface area contributed by atoms with Crippen molar-refractivity contribution >= 4 is 11.6 Å². The van der Waals surface area contributed by atoms with E-state index in [2.05, 4.69) is 10.3 Å². The Bertz CT molecular complexity index is 624. The number of rotatable bonds is 2. The zero-order valence-corrected chi connectivity index (χ0v) is 11.4. The quantitative estimate of drug-likeness (QED) is 0.899. The van der Waals surface area contributed by atoms with Gasteiger partial charge in [0.15, 0.2) is 0 Å². The smallest absolute Gasteiger partial charge is 0.270 e. The first-order valence-electron chi connectivity index (χ1n) is 6.91. The average Bonchev–Trinajstić information content (AvgIpc) is 2.95. The first-order chi connectivity index (χ1) is 9.15. The fourth-order valence-corrected chi connectivity index (χ4v) is 2.86. The largest absolute Gasteiger partial charge is 0.348 e. The van der Waals surface area contributed by atoms with Gasteiger partial charge in [-0.25, -0.2) is 4.98 Å². The number of nitrogens with zero attached hydrogens (tertiary/aromatic N) is 2. The maximum atomic E-state index is 12.4. The van der Waals surface area contributed by atoms with E-state index >= 15 is 0 Å². The van der Waals surface area contributed by atoms with Crippen LogP contribution >= 0.6 is 0 Å². The predicted molar refractivity (Wildman–Crippen MR) is 74.4 cm³/mol. The molecule has 0 aromatic carbocycles. The number of aryl methyl sites for hydroxylation is 2. The molecule has 0 radical (unpaired) electrons. The van der Waals surface area contributed by atoms with Gasteiger partial charge in [0, 0.05) is 12.2 Å². The van der Waals surface area contributed by atoms with E-state index in [-0.39, 0.29) is 5.91 Å². The van der Waals surface area contributed by atoms with Crippen molar-refractivity contribution in [3.63, 3.8) is 0 Å². The summed E-state index contributed by atoms with van der Waals surface area (Å²) in [4.78, 5) is 16.9. The molecule has 0 spiro atoms. The van der Waals surface area contributed by atoms with E-state index in [1.165, 1.54) is 12.8 Å². The summed E-state index contributed by atoms with van der Waals surface area (Å²) in [7, 11) is 0. The molecule has 1 amide bonds. The zero-order valence-electron chi connectivity index (χ0n) is 11.4. The molecule has 1 fully saturated rings. The maximum absolute atomic E-state index is 12.4. The van der Waals surface area contributed by atoms with Crippen LogP contribution in [0, 0.1) is 13.8 Å². The summed E-state index contributed by atoms with van der Waals surface area (Å²) in [5, 5.41) is 3.13. The number of hydrogen-bond acceptors (Lipinski definition) is 2. The summed E-state index contributed by atoms with van der Waals surface area (Å²) >= 11 is 0. The third-order valence-electron chi connectivity index (χ3n) is 3.86. The molecule has 0 unspecified atom stereocenters. The van der Waals surface area contributed by atoms with E-state index in [1.54, 1.807) is 0 Å². The molecule has 1 aliphatic rings. The number of carbonyl (C=O) groups excluding carboxylic acids is 1. The van der Waals surface area contributed by atoms with Crippen LogP contribution in [0.25, 0.3) is 5.65 Å². The molecule has 0 aliphatic heterocycles. The monoisotopic (exact) mass is 257 g/mol. The van der Waals surface area contributed by atoms with Crippen LogP contribution in [0.3, 0.4) is 0 Å². The number of pyridine rings is 1. The maximum Gasteiger partial charge on any atom is 0.270 e. The topological polar surface area (TPSA) is 46.4 Å². The second kappa shape index (κ2) is 4.68. The molecule has 1 N–H and O–H groups in total. The van der Waals surface area contributed by atoms with Gasteiger partial charge >= 0.3 is 0 Å². The van der Waals surface area contributed by atoms with Crippen molar-refractivity contribution in [2.24, 2.45) is 0 Å². The molecule has 19 heavy (non-hydrogen) atoms. The lowest BCUT2D eigenvalue weighted by Crippen LogP contribution is -2.33. The van der Waals surface area contributed by atoms with Gasteiger partial charge in [0.1, 0.15) is 11.3 Å². The van der Waals surface area contributed by atoms with Crippen LogP contribution in [0.5, 0.6) is 0 Å². The Labute approximate surface area is 112 Å². The van der Waals surface area contributed by atoms with Crippen LogP contribution in [0.4, 0.5) is 0 Å². The van der Waals surface area contributed by atoms with Crippen molar-refractivity contribution < 1.29 is 4.79 Å². The Hall–Kier alpha value is -1.84. The van der Waals surface area contributed by atoms with E-state index in [0.717, 1.165) is 29.7 Å². The molecule has 4 nitrogen and oxygen atoms in total. The van der Waals surface area contributed by atoms with Gasteiger partial charge in [-0.1, -0.05) is 12.8 Å². The summed E-state index contributed by atoms with van der Waals surface area (Å²) in [5.41, 5.74) is 3.46. The Morgan fingerprint density at radius 3 is 2.84 bits per heavy atom. The first-order valence-corrected chi connectivity index (χ1v) is 6.91. The lowest BCUT2D eigenvalue weighted by atomic mass is 10.2. The zero-order chi connectivity index (χ0) is 13.4. The molecule has 100 valence electrons. The highest BCUT2D eigenvalue weighted by atomic mass is 16.2. The summed E-state index contributed by atoms with van der Waals surface area (Å²) < 4.78 is 1.88. The average molecular weight is 257 g/mol. The SMILES string of the molecule is Cc1ccn2c(C(=O)NC3CCCC3)c(C)nc2c1. The lowest BCUT2D eigenvalue weighted by Gasteiger charge is -2.12. The first kappa shape index (κ1) is 12.2. The molecule has 0 saturated heterocycles. The summed E-state index contributed by atoms with van der Waals surface area (Å²) in [6.45, 7) is 3.92. The van der Waals surface area contributed by atoms with Crippen LogP contribution in [0.2, 0.25) is 0 Å². The van der Waals surface area contributed by atoms with Crippen LogP contribution in [-0.4, -0.2) is 21.3 Å². The van der Waals surface area contributed by atoms with Crippen molar-refractivity contribution in [3.05, 3.63) is 35.3 Å². The minimum Gasteiger partial charge on any atom is -0.348 e. The van der Waals surface area contributed by atoms with Crippen molar-refractivity contribution in [3.8, 4) is 0 Å². The molecule has 2 aromatic rings. The molecular formula is C15H19N3O. The third kappa shape index (κ3) is 2.23. The van der Waals surface area contributed by atoms with Crippen molar-refractivity contribution in [2.75, 3.05) is 0 Å². The number of carbonyl (C=O) groups is 1. The Kier molecular flexibility index (Phi) is 3.01. The van der Waals surface area contributed by atoms with Crippen LogP contribution in [0.15, 0.2) is 18.3 Å². The molecule has 0 bridgehead atoms. The van der Waals surface area contributed by atoms with E-state index in [9.17, 15) is 4.79 Å². The predicted octanol–water partition coefficient (Wildman–Crippen LogP) is 2.62. The highest BCUT2D eigenvalue weighted by molar-refractivity contribution is 5.94. The van der Waals surface area contributed by atoms with Gasteiger partial charge in [0.05, 0.1) is 5.69 Å². The molecule has 2 heterocycles. The van der Waals surface area contributed by atoms with Gasteiger partial charge in [-0.05, 0) is 44.4 Å². The number of aromatic nitrogens is 2. The molecule has 0 atom stereocenters. The van der Waals surface area contributed by atoms with Gasteiger partial charge in [-0.2, -0.15) is 0 Å². The minimum atomic E-state index is 0.000697. The third-order valence-corrected chi connectivity index (χ3v) is 3.86. The van der Waals surface area contributed by atoms with Gasteiger partial charge in [-0.3, -0.25) is 9.20 Å². The number of amides is 1. The van der Waals surface area contributed by atoms with E-state index in [4.69, 9.17) is 0 Å². The minimum absolute atomic E-state index is 0.000697. The number of imidazole rings is 1. The van der Waals surface area contributed by atoms with Gasteiger partial charge < -0.3 is 5.32 Å². The van der Waals surface area contributed by atoms with Gasteiger partial charge in [-0.15, -0.1) is 0 Å². The molecule has 3 rings (SSSR count). The fraction of sp³-hybridized carbons (Fsp3) is 0.467. The summed E-state index contributed by atoms with van der Waals surface area (Å²) in [6.07, 6.45) is 6.56. The highest BCUT2D eigenvalue weighted by Crippen LogP contribution is 2.19.